The van der Waals surface area contributed by atoms with E-state index < -0.39 is 0 Å². The van der Waals surface area contributed by atoms with E-state index in [-0.39, 0.29) is 12.1 Å². The molecule has 0 amide bonds. The molecule has 4 heteroatoms. The number of hydrogen-bond donors (Lipinski definition) is 3. The first-order valence-electron chi connectivity index (χ1n) is 8.86. The van der Waals surface area contributed by atoms with Crippen molar-refractivity contribution in [2.75, 3.05) is 13.3 Å². The molecule has 3 N–H and O–H groups in total. The molecular weight excluding hydrogens is 288 g/mol. The fourth-order valence-electron chi connectivity index (χ4n) is 4.54. The Labute approximate surface area is 137 Å². The second kappa shape index (κ2) is 6.17. The van der Waals surface area contributed by atoms with Crippen LogP contribution in [0.15, 0.2) is 30.5 Å². The Balaban J connectivity index is 1.47. The first kappa shape index (κ1) is 15.0. The summed E-state index contributed by atoms with van der Waals surface area (Å²) in [4.78, 5) is 2.38. The van der Waals surface area contributed by atoms with Crippen LogP contribution in [-0.2, 0) is 0 Å². The highest BCUT2D eigenvalue weighted by Gasteiger charge is 2.38. The van der Waals surface area contributed by atoms with Gasteiger partial charge in [0.05, 0.1) is 24.5 Å². The Kier molecular flexibility index (Phi) is 4.04. The minimum atomic E-state index is -0.257. The summed E-state index contributed by atoms with van der Waals surface area (Å²) in [5, 5.41) is 23.4. The van der Waals surface area contributed by atoms with E-state index in [1.54, 1.807) is 0 Å². The van der Waals surface area contributed by atoms with Crippen LogP contribution < -0.4 is 5.32 Å². The molecule has 2 heterocycles. The maximum Gasteiger partial charge on any atom is 0.0879 e. The molecule has 1 aliphatic carbocycles. The molecule has 1 aromatic carbocycles. The Morgan fingerprint density at radius 1 is 1.17 bits per heavy atom. The van der Waals surface area contributed by atoms with E-state index in [1.807, 2.05) is 0 Å². The summed E-state index contributed by atoms with van der Waals surface area (Å²) < 4.78 is 0. The molecule has 4 nitrogen and oxygen atoms in total. The van der Waals surface area contributed by atoms with Gasteiger partial charge in [-0.25, -0.2) is 0 Å². The molecule has 0 aromatic heterocycles. The lowest BCUT2D eigenvalue weighted by molar-refractivity contribution is 0.0417. The van der Waals surface area contributed by atoms with Gasteiger partial charge in [0.15, 0.2) is 0 Å². The van der Waals surface area contributed by atoms with Gasteiger partial charge in [-0.2, -0.15) is 0 Å². The molecular formula is C19H26N2O2. The molecule has 0 radical (unpaired) electrons. The first-order valence-corrected chi connectivity index (χ1v) is 8.86. The summed E-state index contributed by atoms with van der Waals surface area (Å²) in [5.74, 6) is 0.830. The molecule has 2 atom stereocenters. The largest absolute Gasteiger partial charge is 0.396 e. The zero-order valence-corrected chi connectivity index (χ0v) is 13.5. The topological polar surface area (TPSA) is 55.7 Å². The van der Waals surface area contributed by atoms with Crippen molar-refractivity contribution >= 4 is 5.70 Å². The van der Waals surface area contributed by atoms with Crippen LogP contribution in [0.5, 0.6) is 0 Å². The molecule has 1 aromatic rings. The molecule has 1 fully saturated rings. The predicted molar refractivity (Wildman–Crippen MR) is 90.2 cm³/mol. The van der Waals surface area contributed by atoms with E-state index in [1.165, 1.54) is 16.8 Å². The van der Waals surface area contributed by atoms with Gasteiger partial charge in [0.1, 0.15) is 0 Å². The summed E-state index contributed by atoms with van der Waals surface area (Å²) in [6.07, 6.45) is 6.82. The summed E-state index contributed by atoms with van der Waals surface area (Å²) in [5.41, 5.74) is 3.92. The fraction of sp³-hybridized carbons (Fsp3) is 0.579. The predicted octanol–water partition coefficient (Wildman–Crippen LogP) is 2.45. The SMILES string of the molecule is OCC1CCC(C(O)CC2c3ccccc3C3=CNCN32)CC1. The van der Waals surface area contributed by atoms with Gasteiger partial charge in [0.25, 0.3) is 0 Å². The van der Waals surface area contributed by atoms with Gasteiger partial charge in [-0.1, -0.05) is 24.3 Å². The highest BCUT2D eigenvalue weighted by molar-refractivity contribution is 5.73. The number of nitrogens with one attached hydrogen (secondary N) is 1. The smallest absolute Gasteiger partial charge is 0.0879 e. The molecule has 1 saturated carbocycles. The van der Waals surface area contributed by atoms with Crippen LogP contribution in [0.2, 0.25) is 0 Å². The van der Waals surface area contributed by atoms with Crippen LogP contribution in [0.1, 0.15) is 49.3 Å². The van der Waals surface area contributed by atoms with E-state index >= 15 is 0 Å². The lowest BCUT2D eigenvalue weighted by Gasteiger charge is -2.33. The Bertz CT molecular complexity index is 593. The molecule has 2 unspecified atom stereocenters. The van der Waals surface area contributed by atoms with Gasteiger partial charge in [-0.15, -0.1) is 0 Å². The average molecular weight is 314 g/mol. The van der Waals surface area contributed by atoms with Crippen LogP contribution in [0.4, 0.5) is 0 Å². The molecule has 23 heavy (non-hydrogen) atoms. The zero-order chi connectivity index (χ0) is 15.8. The van der Waals surface area contributed by atoms with Gasteiger partial charge in [-0.05, 0) is 49.5 Å². The van der Waals surface area contributed by atoms with Crippen LogP contribution >= 0.6 is 0 Å². The molecule has 0 saturated heterocycles. The second-order valence-corrected chi connectivity index (χ2v) is 7.23. The maximum atomic E-state index is 10.8. The minimum absolute atomic E-state index is 0.257. The van der Waals surface area contributed by atoms with E-state index in [2.05, 4.69) is 40.7 Å². The average Bonchev–Trinajstić information content (AvgIpc) is 3.18. The summed E-state index contributed by atoms with van der Waals surface area (Å²) in [6.45, 7) is 1.13. The summed E-state index contributed by atoms with van der Waals surface area (Å²) >= 11 is 0. The highest BCUT2D eigenvalue weighted by Crippen LogP contribution is 2.45. The van der Waals surface area contributed by atoms with Crippen molar-refractivity contribution in [1.82, 2.24) is 10.2 Å². The van der Waals surface area contributed by atoms with Gasteiger partial charge in [-0.3, -0.25) is 0 Å². The zero-order valence-electron chi connectivity index (χ0n) is 13.5. The van der Waals surface area contributed by atoms with Gasteiger partial charge in [0, 0.05) is 18.4 Å². The standard InChI is InChI=1S/C19H26N2O2/c22-11-13-5-7-14(8-6-13)19(23)9-17-15-3-1-2-4-16(15)18-10-20-12-21(17)18/h1-4,10,13-14,17,19-20,22-23H,5-9,11-12H2. The van der Waals surface area contributed by atoms with Crippen molar-refractivity contribution in [3.8, 4) is 0 Å². The molecule has 0 bridgehead atoms. The Morgan fingerprint density at radius 3 is 2.74 bits per heavy atom. The molecule has 3 aliphatic rings. The third kappa shape index (κ3) is 2.64. The second-order valence-electron chi connectivity index (χ2n) is 7.23. The Morgan fingerprint density at radius 2 is 1.96 bits per heavy atom. The normalized spacial score (nSPS) is 30.4. The minimum Gasteiger partial charge on any atom is -0.396 e. The quantitative estimate of drug-likeness (QED) is 0.799. The number of fused-ring (bicyclic) bond motifs is 3. The number of rotatable bonds is 4. The van der Waals surface area contributed by atoms with Gasteiger partial charge < -0.3 is 20.4 Å². The van der Waals surface area contributed by atoms with Crippen LogP contribution in [0, 0.1) is 11.8 Å². The monoisotopic (exact) mass is 314 g/mol. The third-order valence-corrected chi connectivity index (χ3v) is 5.94. The molecule has 124 valence electrons. The van der Waals surface area contributed by atoms with Crippen LogP contribution in [-0.4, -0.2) is 34.5 Å². The lowest BCUT2D eigenvalue weighted by Crippen LogP contribution is -2.32. The van der Waals surface area contributed by atoms with Crippen molar-refractivity contribution in [1.29, 1.82) is 0 Å². The number of nitrogens with zero attached hydrogens (tertiary/aromatic N) is 1. The molecule has 2 aliphatic heterocycles. The number of hydrogen-bond acceptors (Lipinski definition) is 4. The first-order chi connectivity index (χ1) is 11.3. The highest BCUT2D eigenvalue weighted by atomic mass is 16.3. The lowest BCUT2D eigenvalue weighted by atomic mass is 9.78. The van der Waals surface area contributed by atoms with Crippen molar-refractivity contribution in [3.05, 3.63) is 41.6 Å². The number of aliphatic hydroxyl groups excluding tert-OH is 2. The number of benzene rings is 1. The fourth-order valence-corrected chi connectivity index (χ4v) is 4.54. The summed E-state index contributed by atoms with van der Waals surface area (Å²) in [6, 6.07) is 8.85. The van der Waals surface area contributed by atoms with Crippen LogP contribution in [0.3, 0.4) is 0 Å². The van der Waals surface area contributed by atoms with Gasteiger partial charge >= 0.3 is 0 Å². The third-order valence-electron chi connectivity index (χ3n) is 5.94. The van der Waals surface area contributed by atoms with Crippen molar-refractivity contribution < 1.29 is 10.2 Å². The Hall–Kier alpha value is -1.52. The van der Waals surface area contributed by atoms with Gasteiger partial charge in [0.2, 0.25) is 0 Å². The van der Waals surface area contributed by atoms with E-state index in [0.29, 0.717) is 18.4 Å². The molecule has 4 rings (SSSR count). The van der Waals surface area contributed by atoms with Crippen LogP contribution in [0.25, 0.3) is 5.70 Å². The van der Waals surface area contributed by atoms with E-state index in [0.717, 1.165) is 38.8 Å². The summed E-state index contributed by atoms with van der Waals surface area (Å²) in [7, 11) is 0. The maximum absolute atomic E-state index is 10.8. The van der Waals surface area contributed by atoms with E-state index in [9.17, 15) is 10.2 Å². The van der Waals surface area contributed by atoms with E-state index in [4.69, 9.17) is 0 Å². The number of aliphatic hydroxyl groups is 2. The van der Waals surface area contributed by atoms with Crippen molar-refractivity contribution in [3.63, 3.8) is 0 Å². The van der Waals surface area contributed by atoms with Crippen molar-refractivity contribution in [2.24, 2.45) is 11.8 Å². The molecule has 0 spiro atoms. The van der Waals surface area contributed by atoms with Crippen molar-refractivity contribution in [2.45, 2.75) is 44.2 Å².